The van der Waals surface area contributed by atoms with Crippen molar-refractivity contribution in [2.24, 2.45) is 0 Å². The SMILES string of the molecule is Cc1cccc(-c2ccc(-c3cccc(C)c3)[se]2)c1. The standard InChI is InChI=1S/C18H16Se/c1-13-5-3-7-15(11-13)17-9-10-18(19-17)16-8-4-6-14(2)12-16/h3-12H,1-2H3. The Bertz CT molecular complexity index is 647. The third kappa shape index (κ3) is 2.73. The van der Waals surface area contributed by atoms with Gasteiger partial charge in [-0.05, 0) is 0 Å². The molecule has 0 fully saturated rings. The Morgan fingerprint density at radius 1 is 0.632 bits per heavy atom. The van der Waals surface area contributed by atoms with Crippen LogP contribution in [0.1, 0.15) is 11.1 Å². The molecule has 0 saturated heterocycles. The molecule has 94 valence electrons. The molecule has 0 amide bonds. The summed E-state index contributed by atoms with van der Waals surface area (Å²) in [5, 5.41) is 0. The topological polar surface area (TPSA) is 0 Å². The van der Waals surface area contributed by atoms with E-state index in [1.807, 2.05) is 0 Å². The van der Waals surface area contributed by atoms with E-state index >= 15 is 0 Å². The molecule has 3 rings (SSSR count). The van der Waals surface area contributed by atoms with Crippen LogP contribution in [-0.2, 0) is 0 Å². The quantitative estimate of drug-likeness (QED) is 0.602. The molecule has 19 heavy (non-hydrogen) atoms. The molecule has 0 aliphatic heterocycles. The van der Waals surface area contributed by atoms with E-state index in [2.05, 4.69) is 74.5 Å². The third-order valence-electron chi connectivity index (χ3n) is 3.21. The van der Waals surface area contributed by atoms with Gasteiger partial charge in [0, 0.05) is 0 Å². The molecular weight excluding hydrogens is 295 g/mol. The van der Waals surface area contributed by atoms with E-state index in [0.717, 1.165) is 0 Å². The van der Waals surface area contributed by atoms with Crippen molar-refractivity contribution in [1.29, 1.82) is 0 Å². The van der Waals surface area contributed by atoms with Crippen LogP contribution in [0, 0.1) is 13.8 Å². The van der Waals surface area contributed by atoms with Crippen molar-refractivity contribution in [2.45, 2.75) is 13.8 Å². The molecule has 0 bridgehead atoms. The Hall–Kier alpha value is -1.56. The van der Waals surface area contributed by atoms with E-state index in [4.69, 9.17) is 0 Å². The van der Waals surface area contributed by atoms with Crippen LogP contribution < -0.4 is 0 Å². The predicted octanol–water partition coefficient (Wildman–Crippen LogP) is 4.69. The van der Waals surface area contributed by atoms with Gasteiger partial charge in [-0.3, -0.25) is 0 Å². The van der Waals surface area contributed by atoms with Crippen molar-refractivity contribution in [1.82, 2.24) is 0 Å². The van der Waals surface area contributed by atoms with E-state index in [-0.39, 0.29) is 0 Å². The Kier molecular flexibility index (Phi) is 3.42. The number of hydrogen-bond donors (Lipinski definition) is 0. The van der Waals surface area contributed by atoms with Crippen molar-refractivity contribution in [3.8, 4) is 20.0 Å². The van der Waals surface area contributed by atoms with Crippen LogP contribution in [0.3, 0.4) is 0 Å². The average Bonchev–Trinajstić information content (AvgIpc) is 2.88. The second-order valence-corrected chi connectivity index (χ2v) is 7.18. The number of aryl methyl sites for hydroxylation is 2. The van der Waals surface area contributed by atoms with Gasteiger partial charge in [0.25, 0.3) is 0 Å². The summed E-state index contributed by atoms with van der Waals surface area (Å²) < 4.78 is 2.96. The summed E-state index contributed by atoms with van der Waals surface area (Å²) in [6, 6.07) is 22.2. The Morgan fingerprint density at radius 3 is 1.53 bits per heavy atom. The molecule has 2 aromatic carbocycles. The first-order valence-corrected chi connectivity index (χ1v) is 8.17. The van der Waals surface area contributed by atoms with Gasteiger partial charge in [0.15, 0.2) is 0 Å². The Morgan fingerprint density at radius 2 is 1.11 bits per heavy atom. The maximum absolute atomic E-state index is 2.28. The Labute approximate surface area is 120 Å². The van der Waals surface area contributed by atoms with Gasteiger partial charge < -0.3 is 0 Å². The minimum atomic E-state index is 0.418. The Balaban J connectivity index is 2.00. The monoisotopic (exact) mass is 312 g/mol. The first kappa shape index (κ1) is 12.5. The van der Waals surface area contributed by atoms with E-state index in [1.54, 1.807) is 0 Å². The van der Waals surface area contributed by atoms with E-state index in [9.17, 15) is 0 Å². The van der Waals surface area contributed by atoms with E-state index in [1.165, 1.54) is 31.1 Å². The molecule has 3 aromatic rings. The zero-order valence-electron chi connectivity index (χ0n) is 11.2. The van der Waals surface area contributed by atoms with Crippen molar-refractivity contribution in [2.75, 3.05) is 0 Å². The predicted molar refractivity (Wildman–Crippen MR) is 83.7 cm³/mol. The summed E-state index contributed by atoms with van der Waals surface area (Å²) in [5.74, 6) is 0. The van der Waals surface area contributed by atoms with E-state index < -0.39 is 0 Å². The van der Waals surface area contributed by atoms with Crippen LogP contribution in [0.2, 0.25) is 0 Å². The van der Waals surface area contributed by atoms with Crippen LogP contribution in [0.25, 0.3) is 20.0 Å². The van der Waals surface area contributed by atoms with Gasteiger partial charge in [0.2, 0.25) is 0 Å². The first-order valence-electron chi connectivity index (χ1n) is 6.46. The van der Waals surface area contributed by atoms with Crippen LogP contribution in [-0.4, -0.2) is 14.5 Å². The molecule has 1 heteroatoms. The van der Waals surface area contributed by atoms with Crippen molar-refractivity contribution in [3.05, 3.63) is 71.8 Å². The zero-order chi connectivity index (χ0) is 13.2. The number of rotatable bonds is 2. The molecule has 0 nitrogen and oxygen atoms in total. The molecule has 0 spiro atoms. The summed E-state index contributed by atoms with van der Waals surface area (Å²) in [6.07, 6.45) is 0. The van der Waals surface area contributed by atoms with Crippen molar-refractivity contribution < 1.29 is 0 Å². The molecule has 0 N–H and O–H groups in total. The number of benzene rings is 2. The van der Waals surface area contributed by atoms with Gasteiger partial charge in [-0.15, -0.1) is 0 Å². The first-order chi connectivity index (χ1) is 9.22. The molecule has 0 aliphatic carbocycles. The molecule has 0 aliphatic rings. The van der Waals surface area contributed by atoms with Gasteiger partial charge in [-0.2, -0.15) is 0 Å². The van der Waals surface area contributed by atoms with Gasteiger partial charge in [0.05, 0.1) is 0 Å². The van der Waals surface area contributed by atoms with E-state index in [0.29, 0.717) is 14.5 Å². The van der Waals surface area contributed by atoms with Crippen molar-refractivity contribution in [3.63, 3.8) is 0 Å². The maximum atomic E-state index is 2.28. The fourth-order valence-corrected chi connectivity index (χ4v) is 4.34. The minimum absolute atomic E-state index is 0.418. The van der Waals surface area contributed by atoms with Crippen LogP contribution in [0.15, 0.2) is 60.7 Å². The van der Waals surface area contributed by atoms with Gasteiger partial charge >= 0.3 is 120 Å². The summed E-state index contributed by atoms with van der Waals surface area (Å²) in [6.45, 7) is 4.31. The molecule has 1 aromatic heterocycles. The second-order valence-electron chi connectivity index (χ2n) is 4.90. The summed E-state index contributed by atoms with van der Waals surface area (Å²) in [4.78, 5) is 0. The van der Waals surface area contributed by atoms with Crippen LogP contribution in [0.4, 0.5) is 0 Å². The fraction of sp³-hybridized carbons (Fsp3) is 0.111. The van der Waals surface area contributed by atoms with Crippen LogP contribution in [0.5, 0.6) is 0 Å². The van der Waals surface area contributed by atoms with Crippen molar-refractivity contribution >= 4 is 14.5 Å². The van der Waals surface area contributed by atoms with Crippen LogP contribution >= 0.6 is 0 Å². The fourth-order valence-electron chi connectivity index (χ4n) is 2.24. The third-order valence-corrected chi connectivity index (χ3v) is 5.69. The summed E-state index contributed by atoms with van der Waals surface area (Å²) in [7, 11) is 0. The molecule has 0 saturated carbocycles. The molecule has 0 unspecified atom stereocenters. The number of hydrogen-bond acceptors (Lipinski definition) is 0. The van der Waals surface area contributed by atoms with Gasteiger partial charge in [-0.1, -0.05) is 0 Å². The summed E-state index contributed by atoms with van der Waals surface area (Å²) >= 11 is 0.418. The molecule has 0 atom stereocenters. The molecular formula is C18H16Se. The normalized spacial score (nSPS) is 10.6. The summed E-state index contributed by atoms with van der Waals surface area (Å²) in [5.41, 5.74) is 5.41. The molecule has 1 heterocycles. The van der Waals surface area contributed by atoms with Gasteiger partial charge in [-0.25, -0.2) is 0 Å². The zero-order valence-corrected chi connectivity index (χ0v) is 12.9. The van der Waals surface area contributed by atoms with Gasteiger partial charge in [0.1, 0.15) is 0 Å². The second kappa shape index (κ2) is 5.20. The molecule has 0 radical (unpaired) electrons. The average molecular weight is 311 g/mol.